The zero-order valence-electron chi connectivity index (χ0n) is 12.9. The number of amides is 1. The van der Waals surface area contributed by atoms with Gasteiger partial charge in [-0.15, -0.1) is 12.4 Å². The van der Waals surface area contributed by atoms with Gasteiger partial charge < -0.3 is 10.6 Å². The van der Waals surface area contributed by atoms with E-state index in [0.717, 1.165) is 17.5 Å². The summed E-state index contributed by atoms with van der Waals surface area (Å²) in [5.41, 5.74) is 8.39. The number of pyridine rings is 1. The van der Waals surface area contributed by atoms with Crippen molar-refractivity contribution in [3.63, 3.8) is 0 Å². The van der Waals surface area contributed by atoms with Crippen LogP contribution in [0.5, 0.6) is 0 Å². The van der Waals surface area contributed by atoms with E-state index >= 15 is 0 Å². The standard InChI is InChI=1S/C17H21N3O.ClH/c1-3-16(14-8-10-19-11-9-14)20(2)17(21)15-6-4-13(12-18)5-7-15;/h4-11,16H,3,12,18H2,1-2H3;1H. The van der Waals surface area contributed by atoms with Gasteiger partial charge >= 0.3 is 0 Å². The Morgan fingerprint density at radius 3 is 2.27 bits per heavy atom. The summed E-state index contributed by atoms with van der Waals surface area (Å²) < 4.78 is 0. The van der Waals surface area contributed by atoms with Crippen LogP contribution < -0.4 is 5.73 Å². The van der Waals surface area contributed by atoms with Crippen LogP contribution in [-0.4, -0.2) is 22.8 Å². The maximum absolute atomic E-state index is 12.6. The molecule has 0 bridgehead atoms. The minimum absolute atomic E-state index is 0. The van der Waals surface area contributed by atoms with Gasteiger partial charge in [-0.25, -0.2) is 0 Å². The van der Waals surface area contributed by atoms with E-state index < -0.39 is 0 Å². The molecular weight excluding hydrogens is 298 g/mol. The lowest BCUT2D eigenvalue weighted by Gasteiger charge is -2.27. The molecule has 2 aromatic rings. The van der Waals surface area contributed by atoms with Crippen LogP contribution in [0.25, 0.3) is 0 Å². The molecule has 0 aliphatic heterocycles. The molecule has 0 saturated heterocycles. The molecule has 1 amide bonds. The van der Waals surface area contributed by atoms with E-state index in [1.807, 2.05) is 43.4 Å². The molecule has 0 aliphatic rings. The molecule has 4 nitrogen and oxygen atoms in total. The second-order valence-electron chi connectivity index (χ2n) is 5.02. The van der Waals surface area contributed by atoms with E-state index in [-0.39, 0.29) is 24.4 Å². The molecule has 0 fully saturated rings. The third kappa shape index (κ3) is 4.06. The number of halogens is 1. The molecular formula is C17H22ClN3O. The highest BCUT2D eigenvalue weighted by molar-refractivity contribution is 5.94. The van der Waals surface area contributed by atoms with Crippen LogP contribution in [0.1, 0.15) is 40.9 Å². The monoisotopic (exact) mass is 319 g/mol. The van der Waals surface area contributed by atoms with Crippen molar-refractivity contribution in [2.45, 2.75) is 25.9 Å². The van der Waals surface area contributed by atoms with E-state index in [4.69, 9.17) is 5.73 Å². The highest BCUT2D eigenvalue weighted by atomic mass is 35.5. The average molecular weight is 320 g/mol. The first-order valence-corrected chi connectivity index (χ1v) is 7.13. The molecule has 0 aliphatic carbocycles. The smallest absolute Gasteiger partial charge is 0.254 e. The summed E-state index contributed by atoms with van der Waals surface area (Å²) in [6.45, 7) is 2.56. The molecule has 1 aromatic heterocycles. The number of benzene rings is 1. The maximum atomic E-state index is 12.6. The van der Waals surface area contributed by atoms with Gasteiger partial charge in [0.15, 0.2) is 0 Å². The van der Waals surface area contributed by atoms with Gasteiger partial charge in [0.25, 0.3) is 5.91 Å². The number of rotatable bonds is 5. The minimum atomic E-state index is 0. The Hall–Kier alpha value is -1.91. The van der Waals surface area contributed by atoms with Crippen molar-refractivity contribution >= 4 is 18.3 Å². The number of aromatic nitrogens is 1. The summed E-state index contributed by atoms with van der Waals surface area (Å²) in [7, 11) is 1.84. The van der Waals surface area contributed by atoms with Crippen LogP contribution in [0.4, 0.5) is 0 Å². The summed E-state index contributed by atoms with van der Waals surface area (Å²) in [5, 5.41) is 0. The van der Waals surface area contributed by atoms with Crippen molar-refractivity contribution in [1.82, 2.24) is 9.88 Å². The van der Waals surface area contributed by atoms with Crippen molar-refractivity contribution in [2.75, 3.05) is 7.05 Å². The van der Waals surface area contributed by atoms with E-state index in [9.17, 15) is 4.79 Å². The second kappa shape index (κ2) is 8.51. The third-order valence-corrected chi connectivity index (χ3v) is 3.70. The first kappa shape index (κ1) is 18.1. The van der Waals surface area contributed by atoms with Gasteiger partial charge in [-0.3, -0.25) is 9.78 Å². The Morgan fingerprint density at radius 1 is 1.18 bits per heavy atom. The fraction of sp³-hybridized carbons (Fsp3) is 0.294. The number of hydrogen-bond donors (Lipinski definition) is 1. The molecule has 0 radical (unpaired) electrons. The maximum Gasteiger partial charge on any atom is 0.254 e. The van der Waals surface area contributed by atoms with E-state index in [1.165, 1.54) is 0 Å². The molecule has 22 heavy (non-hydrogen) atoms. The molecule has 0 spiro atoms. The fourth-order valence-electron chi connectivity index (χ4n) is 2.45. The lowest BCUT2D eigenvalue weighted by atomic mass is 10.0. The number of nitrogens with zero attached hydrogens (tertiary/aromatic N) is 2. The predicted molar refractivity (Wildman–Crippen MR) is 90.9 cm³/mol. The zero-order valence-corrected chi connectivity index (χ0v) is 13.7. The molecule has 0 saturated carbocycles. The van der Waals surface area contributed by atoms with Gasteiger partial charge in [-0.05, 0) is 41.8 Å². The van der Waals surface area contributed by atoms with Crippen molar-refractivity contribution in [3.8, 4) is 0 Å². The van der Waals surface area contributed by atoms with Gasteiger partial charge in [-0.2, -0.15) is 0 Å². The first-order valence-electron chi connectivity index (χ1n) is 7.13. The molecule has 1 heterocycles. The SMILES string of the molecule is CCC(c1ccncc1)N(C)C(=O)c1ccc(CN)cc1.Cl. The van der Waals surface area contributed by atoms with Crippen LogP contribution in [0.3, 0.4) is 0 Å². The van der Waals surface area contributed by atoms with E-state index in [1.54, 1.807) is 17.3 Å². The van der Waals surface area contributed by atoms with Gasteiger partial charge in [0.2, 0.25) is 0 Å². The molecule has 5 heteroatoms. The van der Waals surface area contributed by atoms with Crippen molar-refractivity contribution in [3.05, 3.63) is 65.5 Å². The van der Waals surface area contributed by atoms with Crippen LogP contribution in [0, 0.1) is 0 Å². The van der Waals surface area contributed by atoms with Crippen molar-refractivity contribution in [2.24, 2.45) is 5.73 Å². The topological polar surface area (TPSA) is 59.2 Å². The molecule has 118 valence electrons. The lowest BCUT2D eigenvalue weighted by Crippen LogP contribution is -2.31. The molecule has 2 rings (SSSR count). The van der Waals surface area contributed by atoms with E-state index in [2.05, 4.69) is 11.9 Å². The second-order valence-corrected chi connectivity index (χ2v) is 5.02. The number of nitrogens with two attached hydrogens (primary N) is 1. The quantitative estimate of drug-likeness (QED) is 0.920. The van der Waals surface area contributed by atoms with E-state index in [0.29, 0.717) is 12.1 Å². The minimum Gasteiger partial charge on any atom is -0.335 e. The lowest BCUT2D eigenvalue weighted by molar-refractivity contribution is 0.0726. The summed E-state index contributed by atoms with van der Waals surface area (Å²) in [6, 6.07) is 11.4. The number of carbonyl (C=O) groups excluding carboxylic acids is 1. The summed E-state index contributed by atoms with van der Waals surface area (Å²) in [4.78, 5) is 18.4. The fourth-order valence-corrected chi connectivity index (χ4v) is 2.45. The summed E-state index contributed by atoms with van der Waals surface area (Å²) >= 11 is 0. The molecule has 1 atom stereocenters. The van der Waals surface area contributed by atoms with Crippen molar-refractivity contribution in [1.29, 1.82) is 0 Å². The third-order valence-electron chi connectivity index (χ3n) is 3.70. The zero-order chi connectivity index (χ0) is 15.2. The van der Waals surface area contributed by atoms with Gasteiger partial charge in [0.1, 0.15) is 0 Å². The highest BCUT2D eigenvalue weighted by Gasteiger charge is 2.21. The first-order chi connectivity index (χ1) is 10.2. The van der Waals surface area contributed by atoms with Crippen LogP contribution in [0.15, 0.2) is 48.8 Å². The number of hydrogen-bond acceptors (Lipinski definition) is 3. The Morgan fingerprint density at radius 2 is 1.77 bits per heavy atom. The normalized spacial score (nSPS) is 11.4. The van der Waals surface area contributed by atoms with Gasteiger partial charge in [0.05, 0.1) is 6.04 Å². The van der Waals surface area contributed by atoms with Crippen LogP contribution in [0.2, 0.25) is 0 Å². The van der Waals surface area contributed by atoms with Crippen LogP contribution in [-0.2, 0) is 6.54 Å². The Labute approximate surface area is 137 Å². The van der Waals surface area contributed by atoms with Gasteiger partial charge in [0, 0.05) is 31.5 Å². The highest BCUT2D eigenvalue weighted by Crippen LogP contribution is 2.24. The Balaban J connectivity index is 0.00000242. The molecule has 2 N–H and O–H groups in total. The summed E-state index contributed by atoms with van der Waals surface area (Å²) in [6.07, 6.45) is 4.37. The Kier molecular flexibility index (Phi) is 7.02. The number of carbonyl (C=O) groups is 1. The largest absolute Gasteiger partial charge is 0.335 e. The van der Waals surface area contributed by atoms with Gasteiger partial charge in [-0.1, -0.05) is 19.1 Å². The van der Waals surface area contributed by atoms with Crippen LogP contribution >= 0.6 is 12.4 Å². The molecule has 1 unspecified atom stereocenters. The average Bonchev–Trinajstić information content (AvgIpc) is 2.56. The Bertz CT molecular complexity index is 587. The predicted octanol–water partition coefficient (Wildman–Crippen LogP) is 3.19. The summed E-state index contributed by atoms with van der Waals surface area (Å²) in [5.74, 6) is 0.0160. The van der Waals surface area contributed by atoms with Crippen molar-refractivity contribution < 1.29 is 4.79 Å². The molecule has 1 aromatic carbocycles.